The fraction of sp³-hybridized carbons (Fsp3) is 0.606. The fourth-order valence-electron chi connectivity index (χ4n) is 8.64. The van der Waals surface area contributed by atoms with Crippen LogP contribution in [0.3, 0.4) is 0 Å². The highest BCUT2D eigenvalue weighted by Crippen LogP contribution is 2.26. The molecule has 12 heteroatoms. The third-order valence-corrected chi connectivity index (χ3v) is 13.4. The first-order valence-corrected chi connectivity index (χ1v) is 31.8. The molecule has 0 aromatic rings. The summed E-state index contributed by atoms with van der Waals surface area (Å²) in [7, 11) is 0. The molecule has 1 saturated heterocycles. The quantitative estimate of drug-likeness (QED) is 0.0228. The maximum absolute atomic E-state index is 13.2. The number of aliphatic hydroxyl groups is 2. The van der Waals surface area contributed by atoms with Crippen molar-refractivity contribution in [2.24, 2.45) is 0 Å². The number of hydrogen-bond acceptors (Lipinski definition) is 11. The van der Waals surface area contributed by atoms with Gasteiger partial charge in [-0.1, -0.05) is 224 Å². The molecule has 12 nitrogen and oxygen atoms in total. The van der Waals surface area contributed by atoms with Crippen LogP contribution in [0.5, 0.6) is 0 Å². The molecule has 1 heterocycles. The van der Waals surface area contributed by atoms with Gasteiger partial charge in [-0.25, -0.2) is 4.79 Å². The van der Waals surface area contributed by atoms with Crippen LogP contribution in [-0.2, 0) is 42.9 Å². The van der Waals surface area contributed by atoms with E-state index in [4.69, 9.17) is 23.7 Å². The third kappa shape index (κ3) is 46.6. The number of aliphatic carboxylic acids is 1. The van der Waals surface area contributed by atoms with Gasteiger partial charge >= 0.3 is 23.9 Å². The van der Waals surface area contributed by atoms with Gasteiger partial charge in [-0.2, -0.15) is 0 Å². The molecule has 0 aromatic carbocycles. The zero-order chi connectivity index (χ0) is 60.3. The summed E-state index contributed by atoms with van der Waals surface area (Å²) in [5.74, 6) is -3.25. The van der Waals surface area contributed by atoms with Gasteiger partial charge in [0.1, 0.15) is 18.8 Å². The summed E-state index contributed by atoms with van der Waals surface area (Å²) in [4.78, 5) is 51.3. The van der Waals surface area contributed by atoms with E-state index in [0.29, 0.717) is 25.7 Å². The van der Waals surface area contributed by atoms with Crippen LogP contribution in [0.15, 0.2) is 146 Å². The number of carbonyl (C=O) groups is 4. The van der Waals surface area contributed by atoms with E-state index in [1.54, 1.807) is 0 Å². The van der Waals surface area contributed by atoms with Gasteiger partial charge in [0.25, 0.3) is 0 Å². The summed E-state index contributed by atoms with van der Waals surface area (Å²) in [6, 6.07) is 0. The molecule has 466 valence electrons. The summed E-state index contributed by atoms with van der Waals surface area (Å²) in [5, 5.41) is 31.6. The van der Waals surface area contributed by atoms with Crippen LogP contribution in [0.2, 0.25) is 0 Å². The monoisotopic (exact) mass is 1150 g/mol. The molecule has 6 unspecified atom stereocenters. The maximum atomic E-state index is 13.2. The minimum absolute atomic E-state index is 0.0285. The lowest BCUT2D eigenvalue weighted by atomic mass is 9.98. The minimum Gasteiger partial charge on any atom is -0.479 e. The number of carbonyl (C=O) groups excluding carboxylic acids is 3. The number of ether oxygens (including phenoxy) is 5. The van der Waals surface area contributed by atoms with Crippen molar-refractivity contribution in [2.75, 3.05) is 13.2 Å². The molecule has 1 aliphatic rings. The van der Waals surface area contributed by atoms with Crippen molar-refractivity contribution in [2.45, 2.75) is 263 Å². The second kappa shape index (κ2) is 57.1. The Morgan fingerprint density at radius 2 is 0.735 bits per heavy atom. The molecular weight excluding hydrogens is 1040 g/mol. The van der Waals surface area contributed by atoms with E-state index in [0.717, 1.165) is 161 Å². The number of hydrogen-bond donors (Lipinski definition) is 3. The average Bonchev–Trinajstić information content (AvgIpc) is 3.55. The number of unbranched alkanes of at least 4 members (excludes halogenated alkanes) is 14. The van der Waals surface area contributed by atoms with Crippen LogP contribution in [0, 0.1) is 0 Å². The Hall–Kier alpha value is -5.40. The second-order valence-corrected chi connectivity index (χ2v) is 20.9. The van der Waals surface area contributed by atoms with Gasteiger partial charge in [0, 0.05) is 19.3 Å². The van der Waals surface area contributed by atoms with Crippen molar-refractivity contribution in [3.05, 3.63) is 146 Å². The highest BCUT2D eigenvalue weighted by atomic mass is 16.7. The molecule has 0 amide bonds. The van der Waals surface area contributed by atoms with Crippen molar-refractivity contribution < 1.29 is 58.2 Å². The Morgan fingerprint density at radius 1 is 0.398 bits per heavy atom. The van der Waals surface area contributed by atoms with Crippen LogP contribution in [0.1, 0.15) is 226 Å². The predicted octanol–water partition coefficient (Wildman–Crippen LogP) is 17.1. The molecule has 0 bridgehead atoms. The molecule has 0 saturated carbocycles. The SMILES string of the molecule is CC/C=C\C/C=C\C/C=C\C/C=C\C/C=C\CCCC(=O)OC1C(OCC(COC(=O)CCCCCCCC/C=C\C/C=C\C/C=C\C/C=C\CC)OC(=O)CCCCCCCCC/C=C\C/C=C\C/C=C\CC)OC(C(=O)O)C(O)C1O. The lowest BCUT2D eigenvalue weighted by Crippen LogP contribution is -2.61. The molecule has 83 heavy (non-hydrogen) atoms. The van der Waals surface area contributed by atoms with Crippen molar-refractivity contribution in [1.82, 2.24) is 0 Å². The third-order valence-electron chi connectivity index (χ3n) is 13.4. The first-order valence-electron chi connectivity index (χ1n) is 31.8. The molecule has 3 N–H and O–H groups in total. The number of carboxylic acid groups (broad SMARTS) is 1. The average molecular weight is 1160 g/mol. The molecule has 0 radical (unpaired) electrons. The fourth-order valence-corrected chi connectivity index (χ4v) is 8.64. The van der Waals surface area contributed by atoms with E-state index < -0.39 is 67.3 Å². The lowest BCUT2D eigenvalue weighted by molar-refractivity contribution is -0.301. The van der Waals surface area contributed by atoms with Crippen LogP contribution < -0.4 is 0 Å². The number of esters is 3. The van der Waals surface area contributed by atoms with Crippen LogP contribution in [-0.4, -0.2) is 89.2 Å². The van der Waals surface area contributed by atoms with Crippen LogP contribution >= 0.6 is 0 Å². The van der Waals surface area contributed by atoms with E-state index in [-0.39, 0.29) is 25.9 Å². The first-order chi connectivity index (χ1) is 40.6. The molecule has 0 aliphatic carbocycles. The van der Waals surface area contributed by atoms with E-state index in [1.807, 2.05) is 12.2 Å². The summed E-state index contributed by atoms with van der Waals surface area (Å²) < 4.78 is 28.4. The molecule has 1 aliphatic heterocycles. The Balaban J connectivity index is 2.73. The number of rotatable bonds is 52. The first kappa shape index (κ1) is 75.6. The molecule has 0 aromatic heterocycles. The van der Waals surface area contributed by atoms with Gasteiger partial charge in [0.15, 0.2) is 24.6 Å². The molecular formula is C71H110O12. The standard InChI is InChI=1S/C71H110O12/c1-4-7-10-13-16-19-22-25-28-31-32-35-36-39-42-45-48-51-54-57-63(72)79-60-62(81-64(73)58-55-52-49-46-43-40-37-33-29-26-23-20-17-14-11-8-5-2)61-80-71-69(67(76)66(75)68(83-71)70(77)78)82-65(74)59-56-53-50-47-44-41-38-34-30-27-24-21-18-15-12-9-6-3/h7-12,16-21,25-30,32,35,38,41,47,50,62,66-69,71,75-76H,4-6,13-15,22-24,31,33-34,36-37,39-40,42-46,48-49,51-61H2,1-3H3,(H,77,78)/b10-7-,11-8-,12-9-,19-16-,20-17-,21-18-,28-25-,29-26-,30-27-,35-32-,41-38-,50-47-. The Bertz CT molecular complexity index is 2000. The van der Waals surface area contributed by atoms with Gasteiger partial charge < -0.3 is 39.0 Å². The topological polar surface area (TPSA) is 175 Å². The number of carboxylic acids is 1. The second-order valence-electron chi connectivity index (χ2n) is 20.9. The zero-order valence-corrected chi connectivity index (χ0v) is 51.4. The van der Waals surface area contributed by atoms with Crippen molar-refractivity contribution >= 4 is 23.9 Å². The summed E-state index contributed by atoms with van der Waals surface area (Å²) >= 11 is 0. The van der Waals surface area contributed by atoms with E-state index >= 15 is 0 Å². The van der Waals surface area contributed by atoms with Crippen molar-refractivity contribution in [1.29, 1.82) is 0 Å². The van der Waals surface area contributed by atoms with E-state index in [9.17, 15) is 34.5 Å². The van der Waals surface area contributed by atoms with E-state index in [2.05, 4.69) is 154 Å². The number of aliphatic hydroxyl groups excluding tert-OH is 2. The lowest BCUT2D eigenvalue weighted by Gasteiger charge is -2.40. The van der Waals surface area contributed by atoms with Crippen LogP contribution in [0.25, 0.3) is 0 Å². The minimum atomic E-state index is -1.94. The van der Waals surface area contributed by atoms with Gasteiger partial charge in [-0.3, -0.25) is 14.4 Å². The number of allylic oxidation sites excluding steroid dienone is 24. The molecule has 1 fully saturated rings. The predicted molar refractivity (Wildman–Crippen MR) is 339 cm³/mol. The summed E-state index contributed by atoms with van der Waals surface area (Å²) in [6.45, 7) is 5.61. The highest BCUT2D eigenvalue weighted by molar-refractivity contribution is 5.74. The summed E-state index contributed by atoms with van der Waals surface area (Å²) in [5.41, 5.74) is 0. The van der Waals surface area contributed by atoms with Gasteiger partial charge in [0.05, 0.1) is 6.61 Å². The van der Waals surface area contributed by atoms with Crippen LogP contribution in [0.4, 0.5) is 0 Å². The smallest absolute Gasteiger partial charge is 0.335 e. The molecule has 6 atom stereocenters. The normalized spacial score (nSPS) is 18.6. The van der Waals surface area contributed by atoms with Gasteiger partial charge in [-0.15, -0.1) is 0 Å². The Labute approximate surface area is 502 Å². The zero-order valence-electron chi connectivity index (χ0n) is 51.4. The van der Waals surface area contributed by atoms with E-state index in [1.165, 1.54) is 0 Å². The largest absolute Gasteiger partial charge is 0.479 e. The van der Waals surface area contributed by atoms with Crippen molar-refractivity contribution in [3.63, 3.8) is 0 Å². The Kier molecular flexibility index (Phi) is 52.0. The van der Waals surface area contributed by atoms with Crippen molar-refractivity contribution in [3.8, 4) is 0 Å². The highest BCUT2D eigenvalue weighted by Gasteiger charge is 2.50. The van der Waals surface area contributed by atoms with Gasteiger partial charge in [-0.05, 0) is 128 Å². The summed E-state index contributed by atoms with van der Waals surface area (Å²) in [6.07, 6.45) is 69.5. The van der Waals surface area contributed by atoms with Gasteiger partial charge in [0.2, 0.25) is 0 Å². The molecule has 1 rings (SSSR count). The Morgan fingerprint density at radius 3 is 1.13 bits per heavy atom. The molecule has 0 spiro atoms. The maximum Gasteiger partial charge on any atom is 0.335 e.